The maximum absolute atomic E-state index is 11.0. The van der Waals surface area contributed by atoms with Crippen LogP contribution in [0.3, 0.4) is 0 Å². The lowest BCUT2D eigenvalue weighted by molar-refractivity contribution is 0.111. The zero-order chi connectivity index (χ0) is 11.0. The van der Waals surface area contributed by atoms with Crippen molar-refractivity contribution in [1.29, 1.82) is 0 Å². The predicted octanol–water partition coefficient (Wildman–Crippen LogP) is 2.83. The highest BCUT2D eigenvalue weighted by Gasteiger charge is 2.23. The molecule has 1 fully saturated rings. The third-order valence-electron chi connectivity index (χ3n) is 2.88. The fraction of sp³-hybridized carbons (Fsp3) is 0.333. The Morgan fingerprint density at radius 1 is 1.56 bits per heavy atom. The van der Waals surface area contributed by atoms with Gasteiger partial charge in [0.2, 0.25) is 0 Å². The summed E-state index contributed by atoms with van der Waals surface area (Å²) in [6.07, 6.45) is 3.43. The lowest BCUT2D eigenvalue weighted by Crippen LogP contribution is -2.05. The van der Waals surface area contributed by atoms with Crippen LogP contribution in [-0.4, -0.2) is 16.1 Å². The van der Waals surface area contributed by atoms with Gasteiger partial charge in [-0.3, -0.25) is 9.48 Å². The molecule has 1 aliphatic carbocycles. The molecule has 0 N–H and O–H groups in total. The van der Waals surface area contributed by atoms with Crippen LogP contribution in [0.2, 0.25) is 0 Å². The van der Waals surface area contributed by atoms with Crippen molar-refractivity contribution in [3.05, 3.63) is 28.6 Å². The molecule has 0 saturated heterocycles. The van der Waals surface area contributed by atoms with E-state index in [1.165, 1.54) is 12.8 Å². The summed E-state index contributed by atoms with van der Waals surface area (Å²) in [6.45, 7) is 0.887. The lowest BCUT2D eigenvalue weighted by Gasteiger charge is -2.00. The maximum atomic E-state index is 11.0. The van der Waals surface area contributed by atoms with Crippen LogP contribution < -0.4 is 0 Å². The molecular formula is C12H12N2OS. The van der Waals surface area contributed by atoms with Crippen molar-refractivity contribution < 1.29 is 4.79 Å². The molecule has 0 radical (unpaired) electrons. The molecular weight excluding hydrogens is 220 g/mol. The normalized spacial score (nSPS) is 15.2. The smallest absolute Gasteiger partial charge is 0.168 e. The Morgan fingerprint density at radius 2 is 2.44 bits per heavy atom. The molecule has 2 heterocycles. The average Bonchev–Trinajstić information content (AvgIpc) is 2.83. The Balaban J connectivity index is 1.94. The minimum atomic E-state index is 0.688. The fourth-order valence-electron chi connectivity index (χ4n) is 1.77. The second-order valence-corrected chi connectivity index (χ2v) is 4.99. The van der Waals surface area contributed by atoms with Crippen LogP contribution in [-0.2, 0) is 6.54 Å². The van der Waals surface area contributed by atoms with Crippen LogP contribution in [0.1, 0.15) is 23.3 Å². The van der Waals surface area contributed by atoms with Crippen molar-refractivity contribution in [3.63, 3.8) is 0 Å². The van der Waals surface area contributed by atoms with Crippen molar-refractivity contribution in [2.24, 2.45) is 5.92 Å². The zero-order valence-corrected chi connectivity index (χ0v) is 9.61. The van der Waals surface area contributed by atoms with Crippen LogP contribution in [0, 0.1) is 5.92 Å². The Labute approximate surface area is 97.7 Å². The van der Waals surface area contributed by atoms with Gasteiger partial charge in [-0.15, -0.1) is 0 Å². The van der Waals surface area contributed by atoms with Gasteiger partial charge in [0.15, 0.2) is 6.29 Å². The number of hydrogen-bond donors (Lipinski definition) is 0. The molecule has 82 valence electrons. The van der Waals surface area contributed by atoms with Crippen LogP contribution in [0.4, 0.5) is 0 Å². The standard InChI is InChI=1S/C12H12N2OS/c15-7-11-5-12(10-3-4-16-8-10)13-14(11)6-9-1-2-9/h3-5,7-9H,1-2,6H2. The first kappa shape index (κ1) is 9.78. The molecule has 0 aromatic carbocycles. The molecule has 3 rings (SSSR count). The van der Waals surface area contributed by atoms with Crippen LogP contribution >= 0.6 is 11.3 Å². The Bertz CT molecular complexity index is 497. The van der Waals surface area contributed by atoms with Crippen molar-refractivity contribution >= 4 is 17.6 Å². The van der Waals surface area contributed by atoms with Gasteiger partial charge in [-0.1, -0.05) is 0 Å². The minimum absolute atomic E-state index is 0.688. The summed E-state index contributed by atoms with van der Waals surface area (Å²) < 4.78 is 1.84. The van der Waals surface area contributed by atoms with Crippen molar-refractivity contribution in [2.75, 3.05) is 0 Å². The summed E-state index contributed by atoms with van der Waals surface area (Å²) >= 11 is 1.65. The van der Waals surface area contributed by atoms with E-state index >= 15 is 0 Å². The summed E-state index contributed by atoms with van der Waals surface area (Å²) in [5, 5.41) is 8.57. The summed E-state index contributed by atoms with van der Waals surface area (Å²) in [4.78, 5) is 11.0. The number of carbonyl (C=O) groups is 1. The second kappa shape index (κ2) is 3.87. The number of rotatable bonds is 4. The molecule has 0 atom stereocenters. The number of nitrogens with zero attached hydrogens (tertiary/aromatic N) is 2. The van der Waals surface area contributed by atoms with Gasteiger partial charge in [0.05, 0.1) is 5.69 Å². The highest BCUT2D eigenvalue weighted by Crippen LogP contribution is 2.31. The van der Waals surface area contributed by atoms with Gasteiger partial charge in [-0.2, -0.15) is 16.4 Å². The van der Waals surface area contributed by atoms with E-state index in [-0.39, 0.29) is 0 Å². The SMILES string of the molecule is O=Cc1cc(-c2ccsc2)nn1CC1CC1. The monoisotopic (exact) mass is 232 g/mol. The number of carbonyl (C=O) groups excluding carboxylic acids is 1. The van der Waals surface area contributed by atoms with E-state index in [2.05, 4.69) is 10.5 Å². The van der Waals surface area contributed by atoms with Gasteiger partial charge in [0.1, 0.15) is 5.69 Å². The molecule has 0 amide bonds. The van der Waals surface area contributed by atoms with E-state index in [4.69, 9.17) is 0 Å². The fourth-order valence-corrected chi connectivity index (χ4v) is 2.42. The number of aromatic nitrogens is 2. The van der Waals surface area contributed by atoms with E-state index in [9.17, 15) is 4.79 Å². The van der Waals surface area contributed by atoms with Crippen LogP contribution in [0.5, 0.6) is 0 Å². The van der Waals surface area contributed by atoms with Gasteiger partial charge in [-0.05, 0) is 36.3 Å². The molecule has 1 saturated carbocycles. The molecule has 0 aliphatic heterocycles. The van der Waals surface area contributed by atoms with Gasteiger partial charge in [-0.25, -0.2) is 0 Å². The van der Waals surface area contributed by atoms with Gasteiger partial charge >= 0.3 is 0 Å². The summed E-state index contributed by atoms with van der Waals surface area (Å²) in [5.74, 6) is 0.730. The van der Waals surface area contributed by atoms with Crippen molar-refractivity contribution in [1.82, 2.24) is 9.78 Å². The molecule has 2 aromatic rings. The molecule has 0 spiro atoms. The predicted molar refractivity (Wildman–Crippen MR) is 63.7 cm³/mol. The van der Waals surface area contributed by atoms with E-state index in [0.717, 1.165) is 30.0 Å². The maximum Gasteiger partial charge on any atom is 0.168 e. The van der Waals surface area contributed by atoms with E-state index in [0.29, 0.717) is 5.69 Å². The van der Waals surface area contributed by atoms with E-state index in [1.807, 2.05) is 22.2 Å². The third-order valence-corrected chi connectivity index (χ3v) is 3.56. The van der Waals surface area contributed by atoms with Crippen LogP contribution in [0.25, 0.3) is 11.3 Å². The molecule has 0 bridgehead atoms. The van der Waals surface area contributed by atoms with E-state index < -0.39 is 0 Å². The number of hydrogen-bond acceptors (Lipinski definition) is 3. The number of aldehydes is 1. The highest BCUT2D eigenvalue weighted by molar-refractivity contribution is 7.08. The highest BCUT2D eigenvalue weighted by atomic mass is 32.1. The first-order chi connectivity index (χ1) is 7.86. The van der Waals surface area contributed by atoms with Gasteiger partial charge < -0.3 is 0 Å². The van der Waals surface area contributed by atoms with Gasteiger partial charge in [0, 0.05) is 17.5 Å². The molecule has 4 heteroatoms. The average molecular weight is 232 g/mol. The first-order valence-electron chi connectivity index (χ1n) is 5.42. The Morgan fingerprint density at radius 3 is 3.06 bits per heavy atom. The van der Waals surface area contributed by atoms with Crippen molar-refractivity contribution in [3.8, 4) is 11.3 Å². The summed E-state index contributed by atoms with van der Waals surface area (Å²) in [7, 11) is 0. The zero-order valence-electron chi connectivity index (χ0n) is 8.80. The lowest BCUT2D eigenvalue weighted by atomic mass is 10.2. The Kier molecular flexibility index (Phi) is 2.36. The largest absolute Gasteiger partial charge is 0.296 e. The molecule has 16 heavy (non-hydrogen) atoms. The van der Waals surface area contributed by atoms with Crippen molar-refractivity contribution in [2.45, 2.75) is 19.4 Å². The number of thiophene rings is 1. The van der Waals surface area contributed by atoms with Gasteiger partial charge in [0.25, 0.3) is 0 Å². The van der Waals surface area contributed by atoms with E-state index in [1.54, 1.807) is 11.3 Å². The Hall–Kier alpha value is -1.42. The second-order valence-electron chi connectivity index (χ2n) is 4.21. The first-order valence-corrected chi connectivity index (χ1v) is 6.36. The summed E-state index contributed by atoms with van der Waals surface area (Å²) in [6, 6.07) is 3.90. The molecule has 1 aliphatic rings. The summed E-state index contributed by atoms with van der Waals surface area (Å²) in [5.41, 5.74) is 2.69. The quantitative estimate of drug-likeness (QED) is 0.760. The molecule has 0 unspecified atom stereocenters. The molecule has 3 nitrogen and oxygen atoms in total. The molecule has 2 aromatic heterocycles. The minimum Gasteiger partial charge on any atom is -0.296 e. The van der Waals surface area contributed by atoms with Crippen LogP contribution in [0.15, 0.2) is 22.9 Å². The topological polar surface area (TPSA) is 34.9 Å². The third kappa shape index (κ3) is 1.80.